The highest BCUT2D eigenvalue weighted by molar-refractivity contribution is 14.1. The third kappa shape index (κ3) is 9.33. The number of nitrogens with zero attached hydrogens (tertiary/aromatic N) is 1. The quantitative estimate of drug-likeness (QED) is 0.0692. The fourth-order valence-electron chi connectivity index (χ4n) is 2.80. The highest BCUT2D eigenvalue weighted by atomic mass is 127. The summed E-state index contributed by atoms with van der Waals surface area (Å²) in [7, 11) is -2.00. The summed E-state index contributed by atoms with van der Waals surface area (Å²) < 4.78 is 18.2. The van der Waals surface area contributed by atoms with E-state index in [4.69, 9.17) is 30.5 Å². The Morgan fingerprint density at radius 2 is 1.78 bits per heavy atom. The maximum Gasteiger partial charge on any atom is 0.343 e. The standard InChI is InChI=1S/C27H43ClINO5Si/c1-12-33-25(32)19(24(31)18-13-21(29)22(14-20(18)28)35-17(2)3)15-30-23(26(4,5)6)16-34-36(10,11)27(7,8)9/h13-15,17,23,31H,12,16H2,1-11H3/b24-19+,30-15?/t23-/m1/s1. The van der Waals surface area contributed by atoms with Crippen LogP contribution in [0.1, 0.15) is 67.9 Å². The molecule has 9 heteroatoms. The number of benzene rings is 1. The second kappa shape index (κ2) is 13.1. The van der Waals surface area contributed by atoms with Gasteiger partial charge in [-0.3, -0.25) is 4.99 Å². The molecule has 0 fully saturated rings. The highest BCUT2D eigenvalue weighted by Crippen LogP contribution is 2.38. The van der Waals surface area contributed by atoms with Crippen molar-refractivity contribution in [2.24, 2.45) is 10.4 Å². The Morgan fingerprint density at radius 1 is 1.19 bits per heavy atom. The molecule has 36 heavy (non-hydrogen) atoms. The molecule has 0 radical (unpaired) electrons. The number of rotatable bonds is 10. The summed E-state index contributed by atoms with van der Waals surface area (Å²) in [6.45, 7) is 23.3. The van der Waals surface area contributed by atoms with Gasteiger partial charge >= 0.3 is 5.97 Å². The van der Waals surface area contributed by atoms with E-state index in [0.717, 1.165) is 3.57 Å². The lowest BCUT2D eigenvalue weighted by Gasteiger charge is -2.38. The van der Waals surface area contributed by atoms with Crippen molar-refractivity contribution >= 4 is 60.5 Å². The minimum absolute atomic E-state index is 0.0327. The van der Waals surface area contributed by atoms with E-state index >= 15 is 0 Å². The predicted octanol–water partition coefficient (Wildman–Crippen LogP) is 8.07. The van der Waals surface area contributed by atoms with Gasteiger partial charge in [-0.1, -0.05) is 53.1 Å². The topological polar surface area (TPSA) is 77.4 Å². The molecule has 1 aromatic carbocycles. The van der Waals surface area contributed by atoms with Crippen LogP contribution in [0.3, 0.4) is 0 Å². The average Bonchev–Trinajstić information content (AvgIpc) is 2.70. The van der Waals surface area contributed by atoms with Gasteiger partial charge in [0.2, 0.25) is 0 Å². The number of halogens is 2. The van der Waals surface area contributed by atoms with Gasteiger partial charge in [0.1, 0.15) is 17.1 Å². The summed E-state index contributed by atoms with van der Waals surface area (Å²) >= 11 is 8.61. The minimum atomic E-state index is -2.00. The molecule has 0 aromatic heterocycles. The summed E-state index contributed by atoms with van der Waals surface area (Å²) in [5.41, 5.74) is 0.00191. The van der Waals surface area contributed by atoms with E-state index in [9.17, 15) is 9.90 Å². The maximum absolute atomic E-state index is 12.9. The molecule has 0 amide bonds. The minimum Gasteiger partial charge on any atom is -0.506 e. The Balaban J connectivity index is 3.50. The van der Waals surface area contributed by atoms with Crippen LogP contribution in [-0.4, -0.2) is 51.0 Å². The van der Waals surface area contributed by atoms with E-state index < -0.39 is 14.3 Å². The number of aliphatic hydroxyl groups is 1. The number of aliphatic hydroxyl groups excluding tert-OH is 1. The van der Waals surface area contributed by atoms with Crippen LogP contribution < -0.4 is 4.74 Å². The van der Waals surface area contributed by atoms with Gasteiger partial charge in [0, 0.05) is 17.8 Å². The van der Waals surface area contributed by atoms with Crippen LogP contribution in [0.2, 0.25) is 23.2 Å². The van der Waals surface area contributed by atoms with E-state index in [1.54, 1.807) is 19.1 Å². The first kappa shape index (κ1) is 32.9. The third-order valence-corrected chi connectivity index (χ3v) is 11.8. The molecular formula is C27H43ClINO5Si. The van der Waals surface area contributed by atoms with Crippen LogP contribution in [-0.2, 0) is 14.0 Å². The zero-order chi connectivity index (χ0) is 28.1. The molecule has 0 aliphatic carbocycles. The van der Waals surface area contributed by atoms with Gasteiger partial charge in [0.25, 0.3) is 0 Å². The maximum atomic E-state index is 12.9. The predicted molar refractivity (Wildman–Crippen MR) is 161 cm³/mol. The summed E-state index contributed by atoms with van der Waals surface area (Å²) in [6.07, 6.45) is 1.36. The van der Waals surface area contributed by atoms with Crippen molar-refractivity contribution in [2.75, 3.05) is 13.2 Å². The normalized spacial score (nSPS) is 14.7. The molecule has 1 rings (SSSR count). The second-order valence-corrected chi connectivity index (χ2v) is 18.0. The second-order valence-electron chi connectivity index (χ2n) is 11.6. The molecule has 1 aromatic rings. The van der Waals surface area contributed by atoms with Gasteiger partial charge in [-0.25, -0.2) is 4.79 Å². The van der Waals surface area contributed by atoms with Crippen molar-refractivity contribution in [3.05, 3.63) is 31.9 Å². The van der Waals surface area contributed by atoms with E-state index in [1.807, 2.05) is 13.8 Å². The summed E-state index contributed by atoms with van der Waals surface area (Å²) in [5, 5.41) is 11.5. The molecule has 0 bridgehead atoms. The summed E-state index contributed by atoms with van der Waals surface area (Å²) in [4.78, 5) is 17.6. The molecule has 1 atom stereocenters. The zero-order valence-corrected chi connectivity index (χ0v) is 27.5. The fraction of sp³-hybridized carbons (Fsp3) is 0.630. The first-order valence-electron chi connectivity index (χ1n) is 12.2. The fourth-order valence-corrected chi connectivity index (χ4v) is 4.65. The molecule has 1 N–H and O–H groups in total. The number of esters is 1. The molecule has 204 valence electrons. The molecule has 0 spiro atoms. The first-order valence-corrected chi connectivity index (χ1v) is 16.6. The molecule has 0 unspecified atom stereocenters. The third-order valence-electron chi connectivity index (χ3n) is 6.18. The van der Waals surface area contributed by atoms with E-state index in [0.29, 0.717) is 17.9 Å². The lowest BCUT2D eigenvalue weighted by molar-refractivity contribution is -0.137. The smallest absolute Gasteiger partial charge is 0.343 e. The lowest BCUT2D eigenvalue weighted by atomic mass is 9.88. The number of aliphatic imine (C=N–C) groups is 1. The Hall–Kier alpha value is -1.10. The van der Waals surface area contributed by atoms with Crippen molar-refractivity contribution < 1.29 is 23.8 Å². The van der Waals surface area contributed by atoms with Crippen molar-refractivity contribution in [1.82, 2.24) is 0 Å². The molecule has 0 saturated carbocycles. The monoisotopic (exact) mass is 651 g/mol. The van der Waals surface area contributed by atoms with Gasteiger partial charge in [-0.15, -0.1) is 0 Å². The zero-order valence-electron chi connectivity index (χ0n) is 23.6. The van der Waals surface area contributed by atoms with Crippen LogP contribution in [0, 0.1) is 8.99 Å². The van der Waals surface area contributed by atoms with Gasteiger partial charge in [-0.2, -0.15) is 0 Å². The lowest BCUT2D eigenvalue weighted by Crippen LogP contribution is -2.44. The van der Waals surface area contributed by atoms with Crippen molar-refractivity contribution in [3.63, 3.8) is 0 Å². The SMILES string of the molecule is CCOC(=O)/C(C=N[C@H](CO[Si](C)(C)C(C)(C)C)C(C)(C)C)=C(/O)c1cc(I)c(OC(C)C)cc1Cl. The molecule has 0 saturated heterocycles. The Morgan fingerprint density at radius 3 is 2.25 bits per heavy atom. The molecule has 6 nitrogen and oxygen atoms in total. The van der Waals surface area contributed by atoms with Crippen LogP contribution in [0.25, 0.3) is 5.76 Å². The number of hydrogen-bond acceptors (Lipinski definition) is 6. The van der Waals surface area contributed by atoms with Gasteiger partial charge in [0.15, 0.2) is 8.32 Å². The number of carbonyl (C=O) groups excluding carboxylic acids is 1. The highest BCUT2D eigenvalue weighted by Gasteiger charge is 2.38. The van der Waals surface area contributed by atoms with Crippen LogP contribution >= 0.6 is 34.2 Å². The molecule has 0 aliphatic rings. The van der Waals surface area contributed by atoms with E-state index in [2.05, 4.69) is 77.2 Å². The molecular weight excluding hydrogens is 609 g/mol. The average molecular weight is 652 g/mol. The van der Waals surface area contributed by atoms with Crippen molar-refractivity contribution in [3.8, 4) is 5.75 Å². The van der Waals surface area contributed by atoms with Gasteiger partial charge < -0.3 is 19.0 Å². The van der Waals surface area contributed by atoms with Crippen molar-refractivity contribution in [2.45, 2.75) is 92.6 Å². The Labute approximate surface area is 237 Å². The van der Waals surface area contributed by atoms with E-state index in [1.165, 1.54) is 6.21 Å². The largest absolute Gasteiger partial charge is 0.506 e. The van der Waals surface area contributed by atoms with Crippen LogP contribution in [0.4, 0.5) is 0 Å². The van der Waals surface area contributed by atoms with Gasteiger partial charge in [0.05, 0.1) is 34.0 Å². The molecule has 0 heterocycles. The first-order chi connectivity index (χ1) is 16.3. The molecule has 0 aliphatic heterocycles. The van der Waals surface area contributed by atoms with Crippen molar-refractivity contribution in [1.29, 1.82) is 0 Å². The number of ether oxygens (including phenoxy) is 2. The van der Waals surface area contributed by atoms with Crippen LogP contribution in [0.15, 0.2) is 22.7 Å². The van der Waals surface area contributed by atoms with E-state index in [-0.39, 0.29) is 45.6 Å². The summed E-state index contributed by atoms with van der Waals surface area (Å²) in [5.74, 6) is -0.367. The Kier molecular flexibility index (Phi) is 12.0. The number of carbonyl (C=O) groups is 1. The summed E-state index contributed by atoms with van der Waals surface area (Å²) in [6, 6.07) is 3.08. The Bertz CT molecular complexity index is 978. The number of hydrogen-bond donors (Lipinski definition) is 1. The van der Waals surface area contributed by atoms with Crippen LogP contribution in [0.5, 0.6) is 5.75 Å². The van der Waals surface area contributed by atoms with Gasteiger partial charge in [-0.05, 0) is 73.0 Å².